The largest absolute Gasteiger partial charge is 0.467 e. The van der Waals surface area contributed by atoms with Crippen LogP contribution in [0.1, 0.15) is 134 Å². The second-order valence-corrected chi connectivity index (χ2v) is 20.5. The third-order valence-corrected chi connectivity index (χ3v) is 14.1. The van der Waals surface area contributed by atoms with Gasteiger partial charge < -0.3 is 9.47 Å². The van der Waals surface area contributed by atoms with Crippen molar-refractivity contribution in [1.82, 2.24) is 9.55 Å². The second-order valence-electron chi connectivity index (χ2n) is 20.5. The third-order valence-electron chi connectivity index (χ3n) is 14.1. The number of hydrogen-bond acceptors (Lipinski definition) is 4. The lowest BCUT2D eigenvalue weighted by Gasteiger charge is -2.45. The van der Waals surface area contributed by atoms with Gasteiger partial charge in [-0.15, -0.1) is 0 Å². The maximum absolute atomic E-state index is 7.36. The van der Waals surface area contributed by atoms with Gasteiger partial charge in [-0.05, 0) is 124 Å². The molecule has 318 valence electrons. The van der Waals surface area contributed by atoms with Gasteiger partial charge in [-0.25, -0.2) is 9.98 Å². The molecule has 5 heteroatoms. The van der Waals surface area contributed by atoms with Gasteiger partial charge >= 0.3 is 0 Å². The summed E-state index contributed by atoms with van der Waals surface area (Å²) in [5.41, 5.74) is 10.6. The van der Waals surface area contributed by atoms with Crippen molar-refractivity contribution in [2.24, 2.45) is 22.2 Å². The van der Waals surface area contributed by atoms with E-state index < -0.39 is 11.1 Å². The van der Waals surface area contributed by atoms with Crippen LogP contribution in [0.2, 0.25) is 0 Å². The Hall–Kier alpha value is -5.68. The van der Waals surface area contributed by atoms with E-state index in [1.807, 2.05) is 6.20 Å². The van der Waals surface area contributed by atoms with Gasteiger partial charge in [-0.3, -0.25) is 4.57 Å². The molecule has 7 aromatic rings. The molecule has 3 heterocycles. The van der Waals surface area contributed by atoms with Gasteiger partial charge in [0.05, 0.1) is 11.0 Å². The van der Waals surface area contributed by atoms with Crippen LogP contribution in [-0.4, -0.2) is 21.0 Å². The van der Waals surface area contributed by atoms with Crippen molar-refractivity contribution in [2.45, 2.75) is 118 Å². The molecule has 1 aliphatic heterocycles. The SMILES string of the molecule is CC(C)c1cccc(C(C)C)c1-c1cc(Oc2ccc3c4ccccc4n(-c4cc(C(C(C)C)C(C)C)ccn4)c3c2)cc(C2=N[C@]3(C)c4ccccc4C[C@]3(C(C)(C)C)O2)c1. The Morgan fingerprint density at radius 1 is 0.661 bits per heavy atom. The van der Waals surface area contributed by atoms with E-state index in [1.54, 1.807) is 0 Å². The van der Waals surface area contributed by atoms with Crippen LogP contribution in [0.5, 0.6) is 11.5 Å². The summed E-state index contributed by atoms with van der Waals surface area (Å²) in [7, 11) is 0. The monoisotopic (exact) mass is 821 g/mol. The highest BCUT2D eigenvalue weighted by Crippen LogP contribution is 2.60. The molecular formula is C57H63N3O2. The van der Waals surface area contributed by atoms with Crippen LogP contribution in [0.3, 0.4) is 0 Å². The number of benzene rings is 5. The van der Waals surface area contributed by atoms with Crippen molar-refractivity contribution in [1.29, 1.82) is 0 Å². The Morgan fingerprint density at radius 2 is 1.32 bits per heavy atom. The van der Waals surface area contributed by atoms with E-state index >= 15 is 0 Å². The zero-order valence-electron chi connectivity index (χ0n) is 38.8. The summed E-state index contributed by atoms with van der Waals surface area (Å²) < 4.78 is 16.7. The fraction of sp³-hybridized carbons (Fsp3) is 0.368. The van der Waals surface area contributed by atoms with Gasteiger partial charge in [0, 0.05) is 40.4 Å². The lowest BCUT2D eigenvalue weighted by atomic mass is 9.66. The van der Waals surface area contributed by atoms with E-state index in [1.165, 1.54) is 38.8 Å². The minimum atomic E-state index is -0.554. The van der Waals surface area contributed by atoms with Crippen molar-refractivity contribution < 1.29 is 9.47 Å². The van der Waals surface area contributed by atoms with Crippen LogP contribution in [0, 0.1) is 17.3 Å². The highest BCUT2D eigenvalue weighted by molar-refractivity contribution is 6.09. The van der Waals surface area contributed by atoms with Crippen molar-refractivity contribution in [3.63, 3.8) is 0 Å². The summed E-state index contributed by atoms with van der Waals surface area (Å²) >= 11 is 0. The molecule has 5 aromatic carbocycles. The number of para-hydroxylation sites is 1. The molecule has 2 aliphatic rings. The van der Waals surface area contributed by atoms with Gasteiger partial charge in [-0.2, -0.15) is 0 Å². The Balaban J connectivity index is 1.22. The molecule has 0 saturated carbocycles. The van der Waals surface area contributed by atoms with Crippen LogP contribution >= 0.6 is 0 Å². The molecule has 9 rings (SSSR count). The molecule has 0 N–H and O–H groups in total. The lowest BCUT2D eigenvalue weighted by molar-refractivity contribution is -0.0673. The maximum Gasteiger partial charge on any atom is 0.217 e. The average Bonchev–Trinajstić information content (AvgIpc) is 3.81. The number of pyridine rings is 1. The number of fused-ring (bicyclic) bond motifs is 6. The minimum Gasteiger partial charge on any atom is -0.467 e. The fourth-order valence-corrected chi connectivity index (χ4v) is 11.3. The van der Waals surface area contributed by atoms with Crippen LogP contribution in [0.4, 0.5) is 0 Å². The molecule has 62 heavy (non-hydrogen) atoms. The number of rotatable bonds is 10. The van der Waals surface area contributed by atoms with E-state index in [0.717, 1.165) is 51.3 Å². The van der Waals surface area contributed by atoms with E-state index in [0.29, 0.717) is 35.5 Å². The second kappa shape index (κ2) is 15.3. The predicted molar refractivity (Wildman–Crippen MR) is 258 cm³/mol. The van der Waals surface area contributed by atoms with Gasteiger partial charge in [0.15, 0.2) is 0 Å². The van der Waals surface area contributed by atoms with E-state index in [4.69, 9.17) is 19.5 Å². The Bertz CT molecular complexity index is 2840. The number of hydrogen-bond donors (Lipinski definition) is 0. The van der Waals surface area contributed by atoms with Gasteiger partial charge in [0.25, 0.3) is 0 Å². The maximum atomic E-state index is 7.36. The zero-order valence-corrected chi connectivity index (χ0v) is 38.8. The van der Waals surface area contributed by atoms with Crippen LogP contribution < -0.4 is 4.74 Å². The van der Waals surface area contributed by atoms with Crippen molar-refractivity contribution in [3.8, 4) is 28.4 Å². The first kappa shape index (κ1) is 41.7. The third kappa shape index (κ3) is 6.66. The molecule has 0 unspecified atom stereocenters. The summed E-state index contributed by atoms with van der Waals surface area (Å²) in [4.78, 5) is 10.6. The number of aliphatic imine (C=N–C) groups is 1. The molecule has 5 nitrogen and oxygen atoms in total. The highest BCUT2D eigenvalue weighted by atomic mass is 16.5. The average molecular weight is 822 g/mol. The molecule has 1 aliphatic carbocycles. The predicted octanol–water partition coefficient (Wildman–Crippen LogP) is 15.3. The van der Waals surface area contributed by atoms with Crippen LogP contribution in [-0.2, 0) is 16.7 Å². The first-order valence-electron chi connectivity index (χ1n) is 22.8. The fourth-order valence-electron chi connectivity index (χ4n) is 11.3. The zero-order chi connectivity index (χ0) is 43.9. The normalized spacial score (nSPS) is 18.7. The number of nitrogens with zero attached hydrogens (tertiary/aromatic N) is 3. The highest BCUT2D eigenvalue weighted by Gasteiger charge is 2.66. The van der Waals surface area contributed by atoms with Gasteiger partial charge in [0.2, 0.25) is 5.90 Å². The lowest BCUT2D eigenvalue weighted by Crippen LogP contribution is -2.54. The molecular weight excluding hydrogens is 759 g/mol. The van der Waals surface area contributed by atoms with Crippen molar-refractivity contribution in [2.75, 3.05) is 0 Å². The molecule has 0 spiro atoms. The number of ether oxygens (including phenoxy) is 2. The molecule has 2 atom stereocenters. The van der Waals surface area contributed by atoms with Crippen molar-refractivity contribution >= 4 is 27.7 Å². The summed E-state index contributed by atoms with van der Waals surface area (Å²) in [6.07, 6.45) is 2.77. The smallest absolute Gasteiger partial charge is 0.217 e. The van der Waals surface area contributed by atoms with Gasteiger partial charge in [-0.1, -0.05) is 137 Å². The first-order valence-corrected chi connectivity index (χ1v) is 22.8. The summed E-state index contributed by atoms with van der Waals surface area (Å²) in [6.45, 7) is 27.6. The molecule has 0 fully saturated rings. The molecule has 0 amide bonds. The summed E-state index contributed by atoms with van der Waals surface area (Å²) in [5.74, 6) is 5.15. The number of aromatic nitrogens is 2. The van der Waals surface area contributed by atoms with Crippen LogP contribution in [0.25, 0.3) is 38.8 Å². The Kier molecular flexibility index (Phi) is 10.3. The van der Waals surface area contributed by atoms with Crippen molar-refractivity contribution in [3.05, 3.63) is 155 Å². The molecule has 0 radical (unpaired) electrons. The molecule has 0 saturated heterocycles. The minimum absolute atomic E-state index is 0.204. The quantitative estimate of drug-likeness (QED) is 0.138. The topological polar surface area (TPSA) is 48.6 Å². The Labute approximate surface area is 369 Å². The van der Waals surface area contributed by atoms with E-state index in [9.17, 15) is 0 Å². The van der Waals surface area contributed by atoms with E-state index in [2.05, 4.69) is 203 Å². The summed E-state index contributed by atoms with van der Waals surface area (Å²) in [6, 6.07) is 41.7. The standard InChI is InChI=1S/C57H63N3O2/c1-34(2)44-20-17-21-45(35(3)4)53(44)40-28-41(54-59-56(12)48-22-15-13-18-39(48)33-57(56,62-54)55(9,10)11)30-43(29-40)61-42-24-25-47-46-19-14-16-23-49(46)60(50(47)32-42)51-31-38(26-27-58-51)52(36(5)6)37(7)8/h13-32,34-37,52H,33H2,1-12H3/t56-,57-/m1/s1. The molecule has 2 aromatic heterocycles. The molecule has 0 bridgehead atoms. The van der Waals surface area contributed by atoms with Crippen LogP contribution in [0.15, 0.2) is 126 Å². The Morgan fingerprint density at radius 3 is 2.02 bits per heavy atom. The summed E-state index contributed by atoms with van der Waals surface area (Å²) in [5, 5.41) is 2.35. The first-order chi connectivity index (χ1) is 29.5. The van der Waals surface area contributed by atoms with Gasteiger partial charge in [0.1, 0.15) is 28.5 Å². The van der Waals surface area contributed by atoms with E-state index in [-0.39, 0.29) is 5.41 Å².